The molecule has 102 valence electrons. The second-order valence-electron chi connectivity index (χ2n) is 3.46. The first-order valence-corrected chi connectivity index (χ1v) is 6.74. The summed E-state index contributed by atoms with van der Waals surface area (Å²) in [5.41, 5.74) is 0.0866. The summed E-state index contributed by atoms with van der Waals surface area (Å²) in [5.74, 6) is -1.56. The summed E-state index contributed by atoms with van der Waals surface area (Å²) in [6.45, 7) is -0.704. The van der Waals surface area contributed by atoms with Gasteiger partial charge in [-0.25, -0.2) is 17.9 Å². The number of nitriles is 1. The van der Waals surface area contributed by atoms with Crippen molar-refractivity contribution in [3.8, 4) is 6.07 Å². The van der Waals surface area contributed by atoms with Crippen LogP contribution in [-0.2, 0) is 14.8 Å². The molecule has 0 fully saturated rings. The summed E-state index contributed by atoms with van der Waals surface area (Å²) in [6.07, 6.45) is -1.87. The van der Waals surface area contributed by atoms with Crippen LogP contribution < -0.4 is 4.72 Å². The maximum absolute atomic E-state index is 11.8. The molecular weight excluding hydrogens is 296 g/mol. The number of carboxylic acid groups (broad SMARTS) is 1. The number of rotatable bonds is 5. The van der Waals surface area contributed by atoms with Crippen molar-refractivity contribution < 1.29 is 23.4 Å². The van der Waals surface area contributed by atoms with E-state index in [0.717, 1.165) is 6.07 Å². The first kappa shape index (κ1) is 15.4. The molecule has 0 saturated heterocycles. The van der Waals surface area contributed by atoms with E-state index in [2.05, 4.69) is 0 Å². The van der Waals surface area contributed by atoms with Crippen molar-refractivity contribution in [1.29, 1.82) is 5.26 Å². The van der Waals surface area contributed by atoms with Gasteiger partial charge in [0.25, 0.3) is 0 Å². The standard InChI is InChI=1S/C10H9ClN2O5S/c11-7-2-1-6(4-12)3-9(7)19(17,18)13-5-8(14)10(15)16/h1-3,8,13-14H,5H2,(H,15,16)/t8-/m0/s1. The molecule has 1 aromatic rings. The highest BCUT2D eigenvalue weighted by Crippen LogP contribution is 2.22. The second-order valence-corrected chi connectivity index (χ2v) is 5.61. The normalized spacial score (nSPS) is 12.7. The van der Waals surface area contributed by atoms with Crippen LogP contribution in [0, 0.1) is 11.3 Å². The number of aliphatic hydroxyl groups excluding tert-OH is 1. The van der Waals surface area contributed by atoms with Gasteiger partial charge in [-0.1, -0.05) is 11.6 Å². The third kappa shape index (κ3) is 3.90. The predicted octanol–water partition coefficient (Wildman–Crippen LogP) is -0.0645. The van der Waals surface area contributed by atoms with Gasteiger partial charge >= 0.3 is 5.97 Å². The van der Waals surface area contributed by atoms with Gasteiger partial charge in [0.05, 0.1) is 16.7 Å². The minimum atomic E-state index is -4.11. The van der Waals surface area contributed by atoms with Crippen molar-refractivity contribution in [2.24, 2.45) is 0 Å². The molecule has 3 N–H and O–H groups in total. The van der Waals surface area contributed by atoms with Crippen molar-refractivity contribution in [2.75, 3.05) is 6.54 Å². The fourth-order valence-corrected chi connectivity index (χ4v) is 2.69. The molecule has 1 rings (SSSR count). The third-order valence-electron chi connectivity index (χ3n) is 2.10. The predicted molar refractivity (Wildman–Crippen MR) is 65.0 cm³/mol. The minimum absolute atomic E-state index is 0.0866. The molecule has 1 aromatic carbocycles. The molecule has 0 aliphatic carbocycles. The van der Waals surface area contributed by atoms with E-state index in [9.17, 15) is 13.2 Å². The van der Waals surface area contributed by atoms with E-state index < -0.39 is 28.6 Å². The highest BCUT2D eigenvalue weighted by Gasteiger charge is 2.22. The van der Waals surface area contributed by atoms with Crippen LogP contribution in [0.3, 0.4) is 0 Å². The fourth-order valence-electron chi connectivity index (χ4n) is 1.13. The Labute approximate surface area is 114 Å². The van der Waals surface area contributed by atoms with Gasteiger partial charge in [0.2, 0.25) is 10.0 Å². The Kier molecular flexibility index (Phi) is 4.85. The van der Waals surface area contributed by atoms with Crippen LogP contribution in [0.2, 0.25) is 5.02 Å². The lowest BCUT2D eigenvalue weighted by molar-refractivity contribution is -0.146. The molecular formula is C10H9ClN2O5S. The number of nitrogens with one attached hydrogen (secondary N) is 1. The molecule has 0 heterocycles. The maximum atomic E-state index is 11.8. The quantitative estimate of drug-likeness (QED) is 0.699. The molecule has 1 atom stereocenters. The van der Waals surface area contributed by atoms with Crippen LogP contribution in [-0.4, -0.2) is 37.2 Å². The third-order valence-corrected chi connectivity index (χ3v) is 4.01. The number of sulfonamides is 1. The first-order valence-electron chi connectivity index (χ1n) is 4.88. The van der Waals surface area contributed by atoms with E-state index in [4.69, 9.17) is 27.1 Å². The van der Waals surface area contributed by atoms with E-state index >= 15 is 0 Å². The molecule has 0 aromatic heterocycles. The molecule has 0 saturated carbocycles. The van der Waals surface area contributed by atoms with Crippen molar-refractivity contribution in [3.05, 3.63) is 28.8 Å². The SMILES string of the molecule is N#Cc1ccc(Cl)c(S(=O)(=O)NC[C@H](O)C(=O)O)c1. The van der Waals surface area contributed by atoms with Gasteiger partial charge in [-0.2, -0.15) is 5.26 Å². The smallest absolute Gasteiger partial charge is 0.333 e. The molecule has 0 unspecified atom stereocenters. The molecule has 0 bridgehead atoms. The van der Waals surface area contributed by atoms with Crippen LogP contribution in [0.4, 0.5) is 0 Å². The van der Waals surface area contributed by atoms with Gasteiger partial charge in [-0.05, 0) is 18.2 Å². The van der Waals surface area contributed by atoms with Gasteiger partial charge in [-0.15, -0.1) is 0 Å². The molecule has 9 heteroatoms. The van der Waals surface area contributed by atoms with Crippen LogP contribution in [0.25, 0.3) is 0 Å². The summed E-state index contributed by atoms with van der Waals surface area (Å²) in [5, 5.41) is 26.0. The van der Waals surface area contributed by atoms with E-state index in [-0.39, 0.29) is 15.5 Å². The largest absolute Gasteiger partial charge is 0.479 e. The second kappa shape index (κ2) is 5.99. The van der Waals surface area contributed by atoms with Gasteiger partial charge in [0.1, 0.15) is 4.90 Å². The number of aliphatic hydroxyl groups is 1. The van der Waals surface area contributed by atoms with Gasteiger partial charge in [-0.3, -0.25) is 0 Å². The lowest BCUT2D eigenvalue weighted by Gasteiger charge is -2.10. The number of carbonyl (C=O) groups is 1. The Morgan fingerprint density at radius 2 is 2.16 bits per heavy atom. The number of halogens is 1. The molecule has 0 radical (unpaired) electrons. The Morgan fingerprint density at radius 1 is 1.53 bits per heavy atom. The minimum Gasteiger partial charge on any atom is -0.479 e. The molecule has 0 aliphatic heterocycles. The van der Waals surface area contributed by atoms with Gasteiger partial charge in [0, 0.05) is 6.54 Å². The summed E-state index contributed by atoms with van der Waals surface area (Å²) in [7, 11) is -4.11. The Morgan fingerprint density at radius 3 is 2.68 bits per heavy atom. The zero-order valence-corrected chi connectivity index (χ0v) is 10.9. The van der Waals surface area contributed by atoms with Gasteiger partial charge < -0.3 is 10.2 Å². The number of carboxylic acids is 1. The Balaban J connectivity index is 3.01. The van der Waals surface area contributed by atoms with E-state index in [1.54, 1.807) is 6.07 Å². The summed E-state index contributed by atoms with van der Waals surface area (Å²) in [6, 6.07) is 5.39. The molecule has 0 amide bonds. The average molecular weight is 305 g/mol. The number of aliphatic carboxylic acids is 1. The van der Waals surface area contributed by atoms with Crippen molar-refractivity contribution in [1.82, 2.24) is 4.72 Å². The van der Waals surface area contributed by atoms with Crippen LogP contribution in [0.5, 0.6) is 0 Å². The zero-order valence-electron chi connectivity index (χ0n) is 9.37. The fraction of sp³-hybridized carbons (Fsp3) is 0.200. The number of nitrogens with zero attached hydrogens (tertiary/aromatic N) is 1. The van der Waals surface area contributed by atoms with Crippen molar-refractivity contribution in [2.45, 2.75) is 11.0 Å². The highest BCUT2D eigenvalue weighted by atomic mass is 35.5. The number of hydrogen-bond acceptors (Lipinski definition) is 5. The zero-order chi connectivity index (χ0) is 14.6. The van der Waals surface area contributed by atoms with E-state index in [1.165, 1.54) is 12.1 Å². The number of hydrogen-bond donors (Lipinski definition) is 3. The summed E-state index contributed by atoms with van der Waals surface area (Å²) >= 11 is 5.71. The molecule has 19 heavy (non-hydrogen) atoms. The van der Waals surface area contributed by atoms with Gasteiger partial charge in [0.15, 0.2) is 6.10 Å². The lowest BCUT2D eigenvalue weighted by Crippen LogP contribution is -2.36. The van der Waals surface area contributed by atoms with Crippen LogP contribution >= 0.6 is 11.6 Å². The van der Waals surface area contributed by atoms with E-state index in [0.29, 0.717) is 0 Å². The van der Waals surface area contributed by atoms with Crippen LogP contribution in [0.1, 0.15) is 5.56 Å². The monoisotopic (exact) mass is 304 g/mol. The summed E-state index contributed by atoms with van der Waals surface area (Å²) in [4.78, 5) is 10.0. The molecule has 0 aliphatic rings. The Hall–Kier alpha value is -1.66. The van der Waals surface area contributed by atoms with Crippen molar-refractivity contribution >= 4 is 27.6 Å². The average Bonchev–Trinajstić information content (AvgIpc) is 2.36. The lowest BCUT2D eigenvalue weighted by atomic mass is 10.2. The van der Waals surface area contributed by atoms with Crippen LogP contribution in [0.15, 0.2) is 23.1 Å². The topological polar surface area (TPSA) is 127 Å². The highest BCUT2D eigenvalue weighted by molar-refractivity contribution is 7.89. The molecule has 0 spiro atoms. The molecule has 7 nitrogen and oxygen atoms in total. The first-order chi connectivity index (χ1) is 8.77. The summed E-state index contributed by atoms with van der Waals surface area (Å²) < 4.78 is 25.6. The maximum Gasteiger partial charge on any atom is 0.333 e. The van der Waals surface area contributed by atoms with Crippen molar-refractivity contribution in [3.63, 3.8) is 0 Å². The Bertz CT molecular complexity index is 638. The number of benzene rings is 1. The van der Waals surface area contributed by atoms with E-state index in [1.807, 2.05) is 4.72 Å².